The van der Waals surface area contributed by atoms with E-state index >= 15 is 0 Å². The van der Waals surface area contributed by atoms with Gasteiger partial charge >= 0.3 is 0 Å². The van der Waals surface area contributed by atoms with Gasteiger partial charge in [-0.05, 0) is 44.0 Å². The van der Waals surface area contributed by atoms with Crippen LogP contribution in [0.25, 0.3) is 22.4 Å². The van der Waals surface area contributed by atoms with Gasteiger partial charge in [0, 0.05) is 25.3 Å². The molecule has 27 heavy (non-hydrogen) atoms. The van der Waals surface area contributed by atoms with Gasteiger partial charge in [-0.25, -0.2) is 14.4 Å². The van der Waals surface area contributed by atoms with E-state index < -0.39 is 0 Å². The Kier molecular flexibility index (Phi) is 5.15. The van der Waals surface area contributed by atoms with Crippen molar-refractivity contribution in [1.29, 1.82) is 0 Å². The molecule has 7 nitrogen and oxygen atoms in total. The molecule has 0 aliphatic carbocycles. The van der Waals surface area contributed by atoms with Crippen LogP contribution in [0.1, 0.15) is 26.2 Å². The number of H-pyrrole nitrogens is 1. The summed E-state index contributed by atoms with van der Waals surface area (Å²) in [5.74, 6) is 1.66. The van der Waals surface area contributed by atoms with Crippen LogP contribution in [0.3, 0.4) is 0 Å². The van der Waals surface area contributed by atoms with Gasteiger partial charge in [-0.3, -0.25) is 0 Å². The minimum atomic E-state index is -0.292. The minimum absolute atomic E-state index is 0.292. The smallest absolute Gasteiger partial charge is 0.224 e. The van der Waals surface area contributed by atoms with Crippen molar-refractivity contribution in [3.05, 3.63) is 30.2 Å². The maximum Gasteiger partial charge on any atom is 0.224 e. The molecule has 4 rings (SSSR count). The lowest BCUT2D eigenvalue weighted by Crippen LogP contribution is -2.38. The van der Waals surface area contributed by atoms with Crippen molar-refractivity contribution in [1.82, 2.24) is 25.3 Å². The topological polar surface area (TPSA) is 90.5 Å². The van der Waals surface area contributed by atoms with E-state index in [1.807, 2.05) is 0 Å². The van der Waals surface area contributed by atoms with Crippen LogP contribution in [0.2, 0.25) is 0 Å². The van der Waals surface area contributed by atoms with E-state index in [0.717, 1.165) is 50.3 Å². The number of imidazole rings is 1. The Balaban J connectivity index is 1.70. The summed E-state index contributed by atoms with van der Waals surface area (Å²) in [6, 6.07) is 4.82. The van der Waals surface area contributed by atoms with Gasteiger partial charge in [-0.15, -0.1) is 0 Å². The van der Waals surface area contributed by atoms with Gasteiger partial charge in [0.1, 0.15) is 17.5 Å². The molecule has 1 aromatic carbocycles. The van der Waals surface area contributed by atoms with E-state index in [2.05, 4.69) is 42.8 Å². The number of aromatic amines is 1. The number of hydrogen-bond acceptors (Lipinski definition) is 6. The van der Waals surface area contributed by atoms with E-state index in [-0.39, 0.29) is 5.82 Å². The molecular weight excluding hydrogens is 345 g/mol. The highest BCUT2D eigenvalue weighted by Gasteiger charge is 2.18. The Morgan fingerprint density at radius 2 is 2.22 bits per heavy atom. The van der Waals surface area contributed by atoms with E-state index in [1.165, 1.54) is 12.1 Å². The number of anilines is 2. The SMILES string of the molecule is CCCNc1ncc(-c2nc3ccc(F)cc3[nH]2)c(N[C@H]2CCCNC2)n1. The van der Waals surface area contributed by atoms with Crippen molar-refractivity contribution in [2.75, 3.05) is 30.3 Å². The molecule has 2 aromatic heterocycles. The van der Waals surface area contributed by atoms with Crippen LogP contribution in [0.4, 0.5) is 16.2 Å². The monoisotopic (exact) mass is 369 g/mol. The highest BCUT2D eigenvalue weighted by molar-refractivity contribution is 5.82. The van der Waals surface area contributed by atoms with E-state index in [0.29, 0.717) is 28.8 Å². The Morgan fingerprint density at radius 3 is 3.04 bits per heavy atom. The Hall–Kier alpha value is -2.74. The molecule has 0 amide bonds. The first-order valence-electron chi connectivity index (χ1n) is 9.46. The zero-order chi connectivity index (χ0) is 18.6. The van der Waals surface area contributed by atoms with Gasteiger partial charge in [0.2, 0.25) is 5.95 Å². The normalized spacial score (nSPS) is 17.2. The summed E-state index contributed by atoms with van der Waals surface area (Å²) in [6.07, 6.45) is 4.97. The largest absolute Gasteiger partial charge is 0.365 e. The number of halogens is 1. The third-order valence-corrected chi connectivity index (χ3v) is 4.66. The fraction of sp³-hybridized carbons (Fsp3) is 0.421. The van der Waals surface area contributed by atoms with Crippen LogP contribution in [0, 0.1) is 5.82 Å². The molecule has 1 fully saturated rings. The van der Waals surface area contributed by atoms with Crippen LogP contribution in [-0.2, 0) is 0 Å². The van der Waals surface area contributed by atoms with Gasteiger partial charge in [-0.1, -0.05) is 6.92 Å². The number of benzene rings is 1. The lowest BCUT2D eigenvalue weighted by Gasteiger charge is -2.25. The molecule has 1 aliphatic rings. The second-order valence-corrected chi connectivity index (χ2v) is 6.82. The molecule has 3 aromatic rings. The summed E-state index contributed by atoms with van der Waals surface area (Å²) in [6.45, 7) is 4.86. The molecule has 8 heteroatoms. The van der Waals surface area contributed by atoms with Crippen molar-refractivity contribution in [2.24, 2.45) is 0 Å². The summed E-state index contributed by atoms with van der Waals surface area (Å²) in [4.78, 5) is 16.9. The summed E-state index contributed by atoms with van der Waals surface area (Å²) in [5, 5.41) is 10.2. The predicted molar refractivity (Wildman–Crippen MR) is 105 cm³/mol. The lowest BCUT2D eigenvalue weighted by molar-refractivity contribution is 0.479. The van der Waals surface area contributed by atoms with Crippen LogP contribution in [0.15, 0.2) is 24.4 Å². The number of nitrogens with zero attached hydrogens (tertiary/aromatic N) is 3. The lowest BCUT2D eigenvalue weighted by atomic mass is 10.1. The minimum Gasteiger partial charge on any atom is -0.365 e. The van der Waals surface area contributed by atoms with Gasteiger partial charge in [0.25, 0.3) is 0 Å². The fourth-order valence-electron chi connectivity index (χ4n) is 3.26. The van der Waals surface area contributed by atoms with Crippen molar-refractivity contribution in [3.8, 4) is 11.4 Å². The van der Waals surface area contributed by atoms with E-state index in [9.17, 15) is 4.39 Å². The molecule has 1 aliphatic heterocycles. The van der Waals surface area contributed by atoms with Gasteiger partial charge in [0.05, 0.1) is 16.6 Å². The first-order valence-corrected chi connectivity index (χ1v) is 9.46. The molecule has 4 N–H and O–H groups in total. The van der Waals surface area contributed by atoms with Crippen molar-refractivity contribution in [3.63, 3.8) is 0 Å². The van der Waals surface area contributed by atoms with Gasteiger partial charge in [0.15, 0.2) is 0 Å². The molecular formula is C19H24FN7. The van der Waals surface area contributed by atoms with E-state index in [1.54, 1.807) is 12.3 Å². The van der Waals surface area contributed by atoms with Crippen LogP contribution in [-0.4, -0.2) is 45.6 Å². The zero-order valence-corrected chi connectivity index (χ0v) is 15.3. The van der Waals surface area contributed by atoms with Crippen LogP contribution < -0.4 is 16.0 Å². The molecule has 0 unspecified atom stereocenters. The molecule has 3 heterocycles. The van der Waals surface area contributed by atoms with Crippen molar-refractivity contribution >= 4 is 22.8 Å². The third-order valence-electron chi connectivity index (χ3n) is 4.66. The predicted octanol–water partition coefficient (Wildman–Crippen LogP) is 3.14. The third kappa shape index (κ3) is 4.00. The first kappa shape index (κ1) is 17.7. The molecule has 0 saturated carbocycles. The standard InChI is InChI=1S/C19H24FN7/c1-2-7-22-19-23-11-14(17(27-19)24-13-4-3-8-21-10-13)18-25-15-6-5-12(20)9-16(15)26-18/h5-6,9,11,13,21H,2-4,7-8,10H2,1H3,(H,25,26)(H2,22,23,24,27)/t13-/m0/s1. The highest BCUT2D eigenvalue weighted by atomic mass is 19.1. The molecule has 142 valence electrons. The van der Waals surface area contributed by atoms with Gasteiger partial charge < -0.3 is 20.9 Å². The number of nitrogens with one attached hydrogen (secondary N) is 4. The average Bonchev–Trinajstić information content (AvgIpc) is 3.10. The summed E-state index contributed by atoms with van der Waals surface area (Å²) < 4.78 is 13.5. The average molecular weight is 369 g/mol. The maximum absolute atomic E-state index is 13.5. The summed E-state index contributed by atoms with van der Waals surface area (Å²) >= 11 is 0. The van der Waals surface area contributed by atoms with Crippen molar-refractivity contribution < 1.29 is 4.39 Å². The maximum atomic E-state index is 13.5. The number of fused-ring (bicyclic) bond motifs is 1. The second-order valence-electron chi connectivity index (χ2n) is 6.82. The Labute approximate surface area is 157 Å². The first-order chi connectivity index (χ1) is 13.2. The second kappa shape index (κ2) is 7.87. The van der Waals surface area contributed by atoms with Crippen LogP contribution >= 0.6 is 0 Å². The Bertz CT molecular complexity index is 918. The highest BCUT2D eigenvalue weighted by Crippen LogP contribution is 2.28. The summed E-state index contributed by atoms with van der Waals surface area (Å²) in [7, 11) is 0. The van der Waals surface area contributed by atoms with Crippen molar-refractivity contribution in [2.45, 2.75) is 32.2 Å². The quantitative estimate of drug-likeness (QED) is 0.534. The Morgan fingerprint density at radius 1 is 1.30 bits per heavy atom. The number of hydrogen-bond donors (Lipinski definition) is 4. The summed E-state index contributed by atoms with van der Waals surface area (Å²) in [5.41, 5.74) is 2.15. The molecule has 0 spiro atoms. The number of aromatic nitrogens is 4. The zero-order valence-electron chi connectivity index (χ0n) is 15.3. The van der Waals surface area contributed by atoms with Gasteiger partial charge in [-0.2, -0.15) is 4.98 Å². The fourth-order valence-corrected chi connectivity index (χ4v) is 3.26. The molecule has 0 bridgehead atoms. The molecule has 1 saturated heterocycles. The number of piperidine rings is 1. The van der Waals surface area contributed by atoms with E-state index in [4.69, 9.17) is 0 Å². The van der Waals surface area contributed by atoms with Crippen LogP contribution in [0.5, 0.6) is 0 Å². The molecule has 1 atom stereocenters. The number of rotatable bonds is 6. The molecule has 0 radical (unpaired) electrons.